The summed E-state index contributed by atoms with van der Waals surface area (Å²) in [6.07, 6.45) is 2.73. The maximum atomic E-state index is 12.5. The van der Waals surface area contributed by atoms with Crippen molar-refractivity contribution in [3.8, 4) is 0 Å². The van der Waals surface area contributed by atoms with Crippen molar-refractivity contribution in [1.82, 2.24) is 4.90 Å². The first kappa shape index (κ1) is 15.0. The SMILES string of the molecule is Cc1ccc(C)c(CC(=O)N2CCC[C@@H]([C@@H](C)N)C2)c1. The van der Waals surface area contributed by atoms with Gasteiger partial charge in [-0.1, -0.05) is 23.8 Å². The molecule has 0 aliphatic carbocycles. The predicted molar refractivity (Wildman–Crippen MR) is 82.6 cm³/mol. The van der Waals surface area contributed by atoms with Gasteiger partial charge in [0.25, 0.3) is 0 Å². The molecule has 3 nitrogen and oxygen atoms in total. The molecule has 110 valence electrons. The largest absolute Gasteiger partial charge is 0.342 e. The van der Waals surface area contributed by atoms with Crippen LogP contribution in [0, 0.1) is 19.8 Å². The number of hydrogen-bond donors (Lipinski definition) is 1. The van der Waals surface area contributed by atoms with Crippen molar-refractivity contribution in [2.75, 3.05) is 13.1 Å². The summed E-state index contributed by atoms with van der Waals surface area (Å²) in [5.41, 5.74) is 9.55. The summed E-state index contributed by atoms with van der Waals surface area (Å²) in [6.45, 7) is 7.89. The molecule has 20 heavy (non-hydrogen) atoms. The smallest absolute Gasteiger partial charge is 0.227 e. The van der Waals surface area contributed by atoms with Gasteiger partial charge in [-0.15, -0.1) is 0 Å². The van der Waals surface area contributed by atoms with Crippen LogP contribution < -0.4 is 5.73 Å². The lowest BCUT2D eigenvalue weighted by Crippen LogP contribution is -2.45. The van der Waals surface area contributed by atoms with Crippen molar-refractivity contribution in [2.24, 2.45) is 11.7 Å². The highest BCUT2D eigenvalue weighted by Crippen LogP contribution is 2.20. The Morgan fingerprint density at radius 1 is 1.45 bits per heavy atom. The van der Waals surface area contributed by atoms with Gasteiger partial charge in [-0.05, 0) is 50.7 Å². The van der Waals surface area contributed by atoms with E-state index in [-0.39, 0.29) is 11.9 Å². The first-order valence-corrected chi connectivity index (χ1v) is 7.57. The molecule has 2 rings (SSSR count). The van der Waals surface area contributed by atoms with Crippen LogP contribution in [0.15, 0.2) is 18.2 Å². The van der Waals surface area contributed by atoms with E-state index in [1.54, 1.807) is 0 Å². The standard InChI is InChI=1S/C17H26N2O/c1-12-6-7-13(2)16(9-12)10-17(20)19-8-4-5-15(11-19)14(3)18/h6-7,9,14-15H,4-5,8,10-11,18H2,1-3H3/t14-,15-/m1/s1. The second-order valence-corrected chi connectivity index (χ2v) is 6.21. The Hall–Kier alpha value is -1.35. The van der Waals surface area contributed by atoms with Gasteiger partial charge in [0, 0.05) is 19.1 Å². The van der Waals surface area contributed by atoms with Gasteiger partial charge in [0.1, 0.15) is 0 Å². The zero-order valence-electron chi connectivity index (χ0n) is 12.9. The number of benzene rings is 1. The van der Waals surface area contributed by atoms with Crippen molar-refractivity contribution in [3.63, 3.8) is 0 Å². The summed E-state index contributed by atoms with van der Waals surface area (Å²) in [4.78, 5) is 14.5. The highest BCUT2D eigenvalue weighted by Gasteiger charge is 2.25. The molecule has 1 aliphatic rings. The van der Waals surface area contributed by atoms with Gasteiger partial charge >= 0.3 is 0 Å². The fourth-order valence-electron chi connectivity index (χ4n) is 2.93. The number of amides is 1. The van der Waals surface area contributed by atoms with Gasteiger partial charge in [-0.25, -0.2) is 0 Å². The number of rotatable bonds is 3. The van der Waals surface area contributed by atoms with E-state index in [0.717, 1.165) is 31.5 Å². The molecular formula is C17H26N2O. The van der Waals surface area contributed by atoms with E-state index in [0.29, 0.717) is 12.3 Å². The molecule has 0 aromatic heterocycles. The first-order chi connectivity index (χ1) is 9.47. The summed E-state index contributed by atoms with van der Waals surface area (Å²) in [6, 6.07) is 6.49. The van der Waals surface area contributed by atoms with E-state index < -0.39 is 0 Å². The Balaban J connectivity index is 2.02. The molecule has 0 unspecified atom stereocenters. The second kappa shape index (κ2) is 6.40. The fraction of sp³-hybridized carbons (Fsp3) is 0.588. The van der Waals surface area contributed by atoms with Crippen molar-refractivity contribution < 1.29 is 4.79 Å². The van der Waals surface area contributed by atoms with Gasteiger partial charge in [0.2, 0.25) is 5.91 Å². The molecule has 2 atom stereocenters. The molecule has 3 heteroatoms. The third-order valence-corrected chi connectivity index (χ3v) is 4.40. The molecule has 0 spiro atoms. The number of piperidine rings is 1. The zero-order chi connectivity index (χ0) is 14.7. The van der Waals surface area contributed by atoms with Gasteiger partial charge < -0.3 is 10.6 Å². The lowest BCUT2D eigenvalue weighted by molar-refractivity contribution is -0.132. The molecule has 0 bridgehead atoms. The average Bonchev–Trinajstić information content (AvgIpc) is 2.43. The molecule has 1 fully saturated rings. The Morgan fingerprint density at radius 2 is 2.20 bits per heavy atom. The van der Waals surface area contributed by atoms with E-state index in [9.17, 15) is 4.79 Å². The van der Waals surface area contributed by atoms with Crippen molar-refractivity contribution in [3.05, 3.63) is 34.9 Å². The molecule has 1 saturated heterocycles. The van der Waals surface area contributed by atoms with E-state index in [1.165, 1.54) is 11.1 Å². The highest BCUT2D eigenvalue weighted by molar-refractivity contribution is 5.79. The molecular weight excluding hydrogens is 248 g/mol. The predicted octanol–water partition coefficient (Wildman–Crippen LogP) is 2.43. The van der Waals surface area contributed by atoms with Crippen LogP contribution in [-0.2, 0) is 11.2 Å². The van der Waals surface area contributed by atoms with Gasteiger partial charge in [-0.2, -0.15) is 0 Å². The molecule has 1 aliphatic heterocycles. The Bertz CT molecular complexity index is 482. The minimum absolute atomic E-state index is 0.173. The fourth-order valence-corrected chi connectivity index (χ4v) is 2.93. The summed E-state index contributed by atoms with van der Waals surface area (Å²) in [5, 5.41) is 0. The third kappa shape index (κ3) is 3.60. The zero-order valence-corrected chi connectivity index (χ0v) is 12.9. The van der Waals surface area contributed by atoms with Crippen LogP contribution in [0.1, 0.15) is 36.5 Å². The van der Waals surface area contributed by atoms with Crippen molar-refractivity contribution >= 4 is 5.91 Å². The monoisotopic (exact) mass is 274 g/mol. The Morgan fingerprint density at radius 3 is 2.90 bits per heavy atom. The number of hydrogen-bond acceptors (Lipinski definition) is 2. The van der Waals surface area contributed by atoms with Gasteiger partial charge in [0.05, 0.1) is 6.42 Å². The Kier molecular flexibility index (Phi) is 4.81. The molecule has 1 aromatic rings. The number of nitrogens with zero attached hydrogens (tertiary/aromatic N) is 1. The minimum atomic E-state index is 0.173. The van der Waals surface area contributed by atoms with Crippen LogP contribution in [0.5, 0.6) is 0 Å². The highest BCUT2D eigenvalue weighted by atomic mass is 16.2. The van der Waals surface area contributed by atoms with Gasteiger partial charge in [-0.3, -0.25) is 4.79 Å². The van der Waals surface area contributed by atoms with Crippen LogP contribution in [0.25, 0.3) is 0 Å². The van der Waals surface area contributed by atoms with E-state index in [4.69, 9.17) is 5.73 Å². The maximum absolute atomic E-state index is 12.5. The molecule has 1 heterocycles. The van der Waals surface area contributed by atoms with E-state index in [2.05, 4.69) is 32.0 Å². The minimum Gasteiger partial charge on any atom is -0.342 e. The van der Waals surface area contributed by atoms with Gasteiger partial charge in [0.15, 0.2) is 0 Å². The Labute approximate surface area is 122 Å². The lowest BCUT2D eigenvalue weighted by atomic mass is 9.91. The summed E-state index contributed by atoms with van der Waals surface area (Å²) in [7, 11) is 0. The normalized spacial score (nSPS) is 20.8. The van der Waals surface area contributed by atoms with E-state index in [1.807, 2.05) is 11.8 Å². The number of likely N-dealkylation sites (tertiary alicyclic amines) is 1. The third-order valence-electron chi connectivity index (χ3n) is 4.40. The summed E-state index contributed by atoms with van der Waals surface area (Å²) < 4.78 is 0. The quantitative estimate of drug-likeness (QED) is 0.920. The lowest BCUT2D eigenvalue weighted by Gasteiger charge is -2.34. The topological polar surface area (TPSA) is 46.3 Å². The summed E-state index contributed by atoms with van der Waals surface area (Å²) in [5.74, 6) is 0.690. The molecule has 2 N–H and O–H groups in total. The number of carbonyl (C=O) groups excluding carboxylic acids is 1. The van der Waals surface area contributed by atoms with Crippen LogP contribution in [0.3, 0.4) is 0 Å². The van der Waals surface area contributed by atoms with Crippen molar-refractivity contribution in [1.29, 1.82) is 0 Å². The molecule has 1 aromatic carbocycles. The van der Waals surface area contributed by atoms with Crippen LogP contribution >= 0.6 is 0 Å². The van der Waals surface area contributed by atoms with Crippen LogP contribution in [-0.4, -0.2) is 29.9 Å². The summed E-state index contributed by atoms with van der Waals surface area (Å²) >= 11 is 0. The second-order valence-electron chi connectivity index (χ2n) is 6.21. The number of nitrogens with two attached hydrogens (primary N) is 1. The number of carbonyl (C=O) groups is 1. The van der Waals surface area contributed by atoms with Crippen LogP contribution in [0.4, 0.5) is 0 Å². The number of aryl methyl sites for hydroxylation is 2. The first-order valence-electron chi connectivity index (χ1n) is 7.57. The maximum Gasteiger partial charge on any atom is 0.227 e. The van der Waals surface area contributed by atoms with Crippen molar-refractivity contribution in [2.45, 2.75) is 46.1 Å². The molecule has 1 amide bonds. The van der Waals surface area contributed by atoms with E-state index >= 15 is 0 Å². The van der Waals surface area contributed by atoms with Crippen LogP contribution in [0.2, 0.25) is 0 Å². The average molecular weight is 274 g/mol. The molecule has 0 radical (unpaired) electrons. The molecule has 0 saturated carbocycles.